The van der Waals surface area contributed by atoms with Crippen LogP contribution in [0.1, 0.15) is 41.5 Å². The molecule has 30 heavy (non-hydrogen) atoms. The SMILES string of the molecule is CC(C)(C)NS(=O)(=O)c1cc(C(=O)NNC(=O)c2ccc3c(c2)OCO3)ccc1Cl. The van der Waals surface area contributed by atoms with Crippen molar-refractivity contribution in [3.63, 3.8) is 0 Å². The van der Waals surface area contributed by atoms with Crippen LogP contribution < -0.4 is 25.0 Å². The zero-order chi connectivity index (χ0) is 22.1. The number of benzene rings is 2. The Morgan fingerprint density at radius 3 is 2.13 bits per heavy atom. The molecular weight excluding hydrogens is 434 g/mol. The van der Waals surface area contributed by atoms with Crippen LogP contribution in [0, 0.1) is 0 Å². The van der Waals surface area contributed by atoms with Crippen molar-refractivity contribution < 1.29 is 27.5 Å². The molecule has 2 aromatic carbocycles. The molecule has 11 heteroatoms. The minimum Gasteiger partial charge on any atom is -0.454 e. The molecule has 0 bridgehead atoms. The largest absolute Gasteiger partial charge is 0.454 e. The van der Waals surface area contributed by atoms with E-state index in [1.54, 1.807) is 26.8 Å². The van der Waals surface area contributed by atoms with E-state index < -0.39 is 27.4 Å². The van der Waals surface area contributed by atoms with Gasteiger partial charge in [-0.05, 0) is 57.2 Å². The summed E-state index contributed by atoms with van der Waals surface area (Å²) in [6.45, 7) is 5.12. The van der Waals surface area contributed by atoms with E-state index in [2.05, 4.69) is 15.6 Å². The normalized spacial score (nSPS) is 13.1. The van der Waals surface area contributed by atoms with Gasteiger partial charge in [0.25, 0.3) is 11.8 Å². The summed E-state index contributed by atoms with van der Waals surface area (Å²) in [5, 5.41) is -0.0345. The first-order valence-electron chi connectivity index (χ1n) is 8.80. The van der Waals surface area contributed by atoms with Crippen LogP contribution in [0.4, 0.5) is 0 Å². The third kappa shape index (κ3) is 5.02. The van der Waals surface area contributed by atoms with E-state index in [9.17, 15) is 18.0 Å². The molecule has 0 atom stereocenters. The molecule has 1 aliphatic rings. The van der Waals surface area contributed by atoms with Crippen molar-refractivity contribution in [2.45, 2.75) is 31.2 Å². The first-order chi connectivity index (χ1) is 14.0. The smallest absolute Gasteiger partial charge is 0.269 e. The molecule has 0 unspecified atom stereocenters. The highest BCUT2D eigenvalue weighted by molar-refractivity contribution is 7.89. The van der Waals surface area contributed by atoms with Crippen molar-refractivity contribution in [2.24, 2.45) is 0 Å². The van der Waals surface area contributed by atoms with Gasteiger partial charge in [-0.25, -0.2) is 13.1 Å². The van der Waals surface area contributed by atoms with Crippen molar-refractivity contribution >= 4 is 33.4 Å². The number of nitrogens with one attached hydrogen (secondary N) is 3. The summed E-state index contributed by atoms with van der Waals surface area (Å²) in [6.07, 6.45) is 0. The Morgan fingerprint density at radius 1 is 0.933 bits per heavy atom. The number of carbonyl (C=O) groups is 2. The molecule has 3 N–H and O–H groups in total. The number of halogens is 1. The molecule has 2 aromatic rings. The van der Waals surface area contributed by atoms with Crippen LogP contribution in [-0.4, -0.2) is 32.6 Å². The number of sulfonamides is 1. The van der Waals surface area contributed by atoms with Crippen LogP contribution >= 0.6 is 11.6 Å². The zero-order valence-electron chi connectivity index (χ0n) is 16.4. The molecule has 0 aliphatic carbocycles. The van der Waals surface area contributed by atoms with Gasteiger partial charge in [-0.3, -0.25) is 20.4 Å². The van der Waals surface area contributed by atoms with Gasteiger partial charge in [0.05, 0.1) is 5.02 Å². The van der Waals surface area contributed by atoms with Crippen LogP contribution in [0.15, 0.2) is 41.3 Å². The lowest BCUT2D eigenvalue weighted by atomic mass is 10.1. The molecule has 9 nitrogen and oxygen atoms in total. The Kier molecular flexibility index (Phi) is 5.93. The first kappa shape index (κ1) is 21.9. The number of hydrogen-bond acceptors (Lipinski definition) is 6. The van der Waals surface area contributed by atoms with Crippen LogP contribution in [0.3, 0.4) is 0 Å². The number of hydrazine groups is 1. The highest BCUT2D eigenvalue weighted by Crippen LogP contribution is 2.32. The number of rotatable bonds is 4. The second-order valence-electron chi connectivity index (χ2n) is 7.48. The lowest BCUT2D eigenvalue weighted by Crippen LogP contribution is -2.42. The fourth-order valence-corrected chi connectivity index (χ4v) is 4.55. The Morgan fingerprint density at radius 2 is 1.50 bits per heavy atom. The summed E-state index contributed by atoms with van der Waals surface area (Å²) in [6, 6.07) is 8.36. The van der Waals surface area contributed by atoms with Gasteiger partial charge in [0.2, 0.25) is 16.8 Å². The number of carbonyl (C=O) groups excluding carboxylic acids is 2. The lowest BCUT2D eigenvalue weighted by molar-refractivity contribution is 0.0846. The molecule has 160 valence electrons. The molecular formula is C19H20ClN3O6S. The topological polar surface area (TPSA) is 123 Å². The Hall–Kier alpha value is -2.82. The molecule has 1 heterocycles. The van der Waals surface area contributed by atoms with Crippen molar-refractivity contribution in [1.29, 1.82) is 0 Å². The van der Waals surface area contributed by atoms with Gasteiger partial charge in [-0.2, -0.15) is 0 Å². The van der Waals surface area contributed by atoms with Gasteiger partial charge in [0.1, 0.15) is 4.90 Å². The fourth-order valence-electron chi connectivity index (χ4n) is 2.60. The minimum absolute atomic E-state index is 0.000305. The van der Waals surface area contributed by atoms with Crippen molar-refractivity contribution in [1.82, 2.24) is 15.6 Å². The van der Waals surface area contributed by atoms with Gasteiger partial charge in [-0.15, -0.1) is 0 Å². The van der Waals surface area contributed by atoms with E-state index in [0.717, 1.165) is 6.07 Å². The van der Waals surface area contributed by atoms with Gasteiger partial charge in [0, 0.05) is 16.7 Å². The summed E-state index contributed by atoms with van der Waals surface area (Å²) in [5.74, 6) is -0.354. The summed E-state index contributed by atoms with van der Waals surface area (Å²) < 4.78 is 38.0. The number of hydrogen-bond donors (Lipinski definition) is 3. The third-order valence-corrected chi connectivity index (χ3v) is 6.09. The van der Waals surface area contributed by atoms with E-state index in [-0.39, 0.29) is 27.8 Å². The van der Waals surface area contributed by atoms with Gasteiger partial charge >= 0.3 is 0 Å². The van der Waals surface area contributed by atoms with Crippen LogP contribution in [0.5, 0.6) is 11.5 Å². The average molecular weight is 454 g/mol. The maximum Gasteiger partial charge on any atom is 0.269 e. The number of ether oxygens (including phenoxy) is 2. The molecule has 0 saturated carbocycles. The predicted molar refractivity (Wildman–Crippen MR) is 109 cm³/mol. The van der Waals surface area contributed by atoms with E-state index in [1.807, 2.05) is 0 Å². The second-order valence-corrected chi connectivity index (χ2v) is 9.54. The van der Waals surface area contributed by atoms with Crippen LogP contribution in [0.2, 0.25) is 5.02 Å². The highest BCUT2D eigenvalue weighted by atomic mass is 35.5. The quantitative estimate of drug-likeness (QED) is 0.610. The van der Waals surface area contributed by atoms with Gasteiger partial charge in [0.15, 0.2) is 11.5 Å². The van der Waals surface area contributed by atoms with Crippen LogP contribution in [0.25, 0.3) is 0 Å². The Bertz CT molecular complexity index is 1110. The monoisotopic (exact) mass is 453 g/mol. The van der Waals surface area contributed by atoms with Crippen molar-refractivity contribution in [2.75, 3.05) is 6.79 Å². The maximum absolute atomic E-state index is 12.6. The van der Waals surface area contributed by atoms with Gasteiger partial charge in [-0.1, -0.05) is 11.6 Å². The number of amides is 2. The molecule has 0 saturated heterocycles. The molecule has 0 aromatic heterocycles. The highest BCUT2D eigenvalue weighted by Gasteiger charge is 2.25. The molecule has 0 fully saturated rings. The predicted octanol–water partition coefficient (Wildman–Crippen LogP) is 2.22. The lowest BCUT2D eigenvalue weighted by Gasteiger charge is -2.21. The standard InChI is InChI=1S/C19H20ClN3O6S/c1-19(2,3)23-30(26,27)16-9-12(4-6-13(16)20)18(25)22-21-17(24)11-5-7-14-15(8-11)29-10-28-14/h4-9,23H,10H2,1-3H3,(H,21,24)(H,22,25). The molecule has 0 radical (unpaired) electrons. The maximum atomic E-state index is 12.6. The van der Waals surface area contributed by atoms with Gasteiger partial charge < -0.3 is 9.47 Å². The van der Waals surface area contributed by atoms with E-state index in [0.29, 0.717) is 11.5 Å². The first-order valence-corrected chi connectivity index (χ1v) is 10.7. The second kappa shape index (κ2) is 8.13. The third-order valence-electron chi connectivity index (χ3n) is 3.85. The summed E-state index contributed by atoms with van der Waals surface area (Å²) in [4.78, 5) is 24.4. The molecule has 3 rings (SSSR count). The number of fused-ring (bicyclic) bond motifs is 1. The summed E-state index contributed by atoms with van der Waals surface area (Å²) >= 11 is 6.03. The van der Waals surface area contributed by atoms with Crippen molar-refractivity contribution in [3.05, 3.63) is 52.5 Å². The molecule has 1 aliphatic heterocycles. The fraction of sp³-hybridized carbons (Fsp3) is 0.263. The average Bonchev–Trinajstić information content (AvgIpc) is 3.11. The summed E-state index contributed by atoms with van der Waals surface area (Å²) in [5.41, 5.74) is 4.02. The molecule has 0 spiro atoms. The van der Waals surface area contributed by atoms with Crippen LogP contribution in [-0.2, 0) is 10.0 Å². The summed E-state index contributed by atoms with van der Waals surface area (Å²) in [7, 11) is -3.96. The molecule has 2 amide bonds. The van der Waals surface area contributed by atoms with E-state index in [4.69, 9.17) is 21.1 Å². The minimum atomic E-state index is -3.96. The zero-order valence-corrected chi connectivity index (χ0v) is 18.0. The Balaban J connectivity index is 1.72. The van der Waals surface area contributed by atoms with Crippen molar-refractivity contribution in [3.8, 4) is 11.5 Å². The Labute approximate surface area is 178 Å². The van der Waals surface area contributed by atoms with E-state index >= 15 is 0 Å². The van der Waals surface area contributed by atoms with E-state index in [1.165, 1.54) is 24.3 Å².